The molecule has 2 saturated heterocycles. The lowest BCUT2D eigenvalue weighted by Crippen LogP contribution is -2.28. The molecule has 4 heterocycles. The molecule has 0 amide bonds. The highest BCUT2D eigenvalue weighted by Crippen LogP contribution is 2.43. The van der Waals surface area contributed by atoms with E-state index in [1.54, 1.807) is 10.9 Å². The van der Waals surface area contributed by atoms with Crippen LogP contribution in [0.4, 0.5) is 0 Å². The van der Waals surface area contributed by atoms with Gasteiger partial charge in [0.2, 0.25) is 0 Å². The maximum absolute atomic E-state index is 9.27. The Kier molecular flexibility index (Phi) is 2.90. The van der Waals surface area contributed by atoms with Gasteiger partial charge in [0.1, 0.15) is 24.1 Å². The van der Waals surface area contributed by atoms with E-state index < -0.39 is 30.3 Å². The summed E-state index contributed by atoms with van der Waals surface area (Å²) in [6, 6.07) is 2.10. The summed E-state index contributed by atoms with van der Waals surface area (Å²) in [6.45, 7) is 3.61. The summed E-state index contributed by atoms with van der Waals surface area (Å²) in [5, 5.41) is 9.54. The van der Waals surface area contributed by atoms with Crippen LogP contribution in [0.2, 0.25) is 5.15 Å². The van der Waals surface area contributed by atoms with Gasteiger partial charge in [-0.3, -0.25) is 4.57 Å². The first-order valence-corrected chi connectivity index (χ1v) is 7.12. The third-order valence-corrected chi connectivity index (χ3v) is 4.02. The normalized spacial score (nSPS) is 33.0. The van der Waals surface area contributed by atoms with Crippen LogP contribution in [0, 0.1) is 11.3 Å². The monoisotopic (exact) mass is 321 g/mol. The lowest BCUT2D eigenvalue weighted by atomic mass is 10.1. The number of nitriles is 1. The average Bonchev–Trinajstić information content (AvgIpc) is 3.10. The van der Waals surface area contributed by atoms with E-state index in [9.17, 15) is 5.26 Å². The third kappa shape index (κ3) is 1.90. The van der Waals surface area contributed by atoms with E-state index in [1.165, 1.54) is 6.33 Å². The predicted octanol–water partition coefficient (Wildman–Crippen LogP) is 1.42. The molecule has 2 aliphatic heterocycles. The molecule has 22 heavy (non-hydrogen) atoms. The van der Waals surface area contributed by atoms with Gasteiger partial charge >= 0.3 is 0 Å². The zero-order valence-corrected chi connectivity index (χ0v) is 12.6. The molecule has 4 rings (SSSR count). The summed E-state index contributed by atoms with van der Waals surface area (Å²) in [5.41, 5.74) is 0.999. The van der Waals surface area contributed by atoms with Crippen molar-refractivity contribution in [3.05, 3.63) is 17.8 Å². The van der Waals surface area contributed by atoms with Crippen LogP contribution in [0.25, 0.3) is 11.2 Å². The maximum atomic E-state index is 9.27. The Labute approximate surface area is 130 Å². The Morgan fingerprint density at radius 1 is 1.27 bits per heavy atom. The summed E-state index contributed by atoms with van der Waals surface area (Å²) in [4.78, 5) is 12.3. The van der Waals surface area contributed by atoms with Gasteiger partial charge in [0.15, 0.2) is 28.9 Å². The SMILES string of the molecule is CC1(C)O[C@@H]2[C@H](O1)[C@H](n1cnc3c(Cl)ncnc31)O[C@@H]2C#N. The summed E-state index contributed by atoms with van der Waals surface area (Å²) < 4.78 is 19.1. The fourth-order valence-electron chi connectivity index (χ4n) is 2.91. The molecule has 0 spiro atoms. The molecule has 0 aliphatic carbocycles. The maximum Gasteiger partial charge on any atom is 0.175 e. The number of nitrogens with zero attached hydrogens (tertiary/aromatic N) is 5. The molecule has 0 saturated carbocycles. The number of halogens is 1. The molecule has 0 aromatic carbocycles. The zero-order chi connectivity index (χ0) is 15.5. The molecule has 2 aromatic rings. The second-order valence-electron chi connectivity index (χ2n) is 5.63. The first-order valence-electron chi connectivity index (χ1n) is 6.74. The van der Waals surface area contributed by atoms with Gasteiger partial charge < -0.3 is 14.2 Å². The summed E-state index contributed by atoms with van der Waals surface area (Å²) in [6.07, 6.45) is 0.749. The Balaban J connectivity index is 1.79. The topological polar surface area (TPSA) is 95.1 Å². The second kappa shape index (κ2) is 4.60. The summed E-state index contributed by atoms with van der Waals surface area (Å²) >= 11 is 6.01. The van der Waals surface area contributed by atoms with Gasteiger partial charge in [-0.1, -0.05) is 11.6 Å². The van der Waals surface area contributed by atoms with E-state index >= 15 is 0 Å². The van der Waals surface area contributed by atoms with Crippen molar-refractivity contribution in [2.45, 2.75) is 44.2 Å². The Morgan fingerprint density at radius 3 is 2.82 bits per heavy atom. The predicted molar refractivity (Wildman–Crippen MR) is 73.7 cm³/mol. The minimum Gasteiger partial charge on any atom is -0.341 e. The van der Waals surface area contributed by atoms with E-state index in [1.807, 2.05) is 13.8 Å². The molecule has 8 nitrogen and oxygen atoms in total. The van der Waals surface area contributed by atoms with Crippen LogP contribution >= 0.6 is 11.6 Å². The smallest absolute Gasteiger partial charge is 0.175 e. The Hall–Kier alpha value is -1.79. The van der Waals surface area contributed by atoms with Crippen LogP contribution in [0.1, 0.15) is 20.1 Å². The molecule has 9 heteroatoms. The molecule has 2 aromatic heterocycles. The minimum absolute atomic E-state index is 0.263. The van der Waals surface area contributed by atoms with Crippen molar-refractivity contribution in [1.82, 2.24) is 19.5 Å². The number of rotatable bonds is 1. The molecule has 0 unspecified atom stereocenters. The average molecular weight is 322 g/mol. The molecule has 0 radical (unpaired) electrons. The number of hydrogen-bond donors (Lipinski definition) is 0. The number of imidazole rings is 1. The molecule has 0 N–H and O–H groups in total. The largest absolute Gasteiger partial charge is 0.341 e. The summed E-state index contributed by atoms with van der Waals surface area (Å²) in [7, 11) is 0. The van der Waals surface area contributed by atoms with Crippen LogP contribution < -0.4 is 0 Å². The van der Waals surface area contributed by atoms with Crippen molar-refractivity contribution in [1.29, 1.82) is 5.26 Å². The van der Waals surface area contributed by atoms with Crippen molar-refractivity contribution in [2.75, 3.05) is 0 Å². The number of ether oxygens (including phenoxy) is 3. The fourth-order valence-corrected chi connectivity index (χ4v) is 3.09. The Bertz CT molecular complexity index is 786. The van der Waals surface area contributed by atoms with Gasteiger partial charge in [-0.15, -0.1) is 0 Å². The van der Waals surface area contributed by atoms with Gasteiger partial charge in [-0.05, 0) is 13.8 Å². The van der Waals surface area contributed by atoms with Gasteiger partial charge in [0.25, 0.3) is 0 Å². The second-order valence-corrected chi connectivity index (χ2v) is 5.99. The van der Waals surface area contributed by atoms with Gasteiger partial charge in [0, 0.05) is 0 Å². The molecule has 4 atom stereocenters. The van der Waals surface area contributed by atoms with Gasteiger partial charge in [-0.25, -0.2) is 15.0 Å². The molecular weight excluding hydrogens is 310 g/mol. The van der Waals surface area contributed by atoms with Crippen LogP contribution in [-0.4, -0.2) is 43.6 Å². The number of aromatic nitrogens is 4. The molecule has 114 valence electrons. The lowest BCUT2D eigenvalue weighted by molar-refractivity contribution is -0.190. The highest BCUT2D eigenvalue weighted by molar-refractivity contribution is 6.33. The van der Waals surface area contributed by atoms with E-state index in [-0.39, 0.29) is 5.15 Å². The minimum atomic E-state index is -0.768. The fraction of sp³-hybridized carbons (Fsp3) is 0.538. The highest BCUT2D eigenvalue weighted by Gasteiger charge is 2.56. The third-order valence-electron chi connectivity index (χ3n) is 3.74. The molecule has 0 bridgehead atoms. The van der Waals surface area contributed by atoms with Crippen molar-refractivity contribution >= 4 is 22.8 Å². The van der Waals surface area contributed by atoms with Crippen molar-refractivity contribution in [2.24, 2.45) is 0 Å². The van der Waals surface area contributed by atoms with E-state index in [4.69, 9.17) is 25.8 Å². The van der Waals surface area contributed by atoms with E-state index in [0.29, 0.717) is 11.2 Å². The van der Waals surface area contributed by atoms with Crippen molar-refractivity contribution < 1.29 is 14.2 Å². The first-order chi connectivity index (χ1) is 10.5. The van der Waals surface area contributed by atoms with E-state index in [2.05, 4.69) is 21.0 Å². The zero-order valence-electron chi connectivity index (χ0n) is 11.8. The van der Waals surface area contributed by atoms with Gasteiger partial charge in [-0.2, -0.15) is 5.26 Å². The lowest BCUT2D eigenvalue weighted by Gasteiger charge is -2.23. The first kappa shape index (κ1) is 13.8. The van der Waals surface area contributed by atoms with Crippen LogP contribution in [0.5, 0.6) is 0 Å². The summed E-state index contributed by atoms with van der Waals surface area (Å²) in [5.74, 6) is -0.768. The quantitative estimate of drug-likeness (QED) is 0.733. The van der Waals surface area contributed by atoms with Crippen molar-refractivity contribution in [3.8, 4) is 6.07 Å². The molecular formula is C13H12ClN5O3. The van der Waals surface area contributed by atoms with Gasteiger partial charge in [0.05, 0.1) is 12.4 Å². The number of fused-ring (bicyclic) bond motifs is 2. The number of hydrogen-bond acceptors (Lipinski definition) is 7. The molecule has 2 fully saturated rings. The van der Waals surface area contributed by atoms with E-state index in [0.717, 1.165) is 0 Å². The van der Waals surface area contributed by atoms with Crippen LogP contribution in [-0.2, 0) is 14.2 Å². The Morgan fingerprint density at radius 2 is 2.05 bits per heavy atom. The van der Waals surface area contributed by atoms with Crippen molar-refractivity contribution in [3.63, 3.8) is 0 Å². The van der Waals surface area contributed by atoms with Crippen LogP contribution in [0.3, 0.4) is 0 Å². The highest BCUT2D eigenvalue weighted by atomic mass is 35.5. The standard InChI is InChI=1S/C13H12ClN5O3/c1-13(2)21-8-6(3-15)20-12(9(8)22-13)19-5-18-7-10(14)16-4-17-11(7)19/h4-6,8-9,12H,1-2H3/t6-,8+,9+,12-/m1/s1. The molecule has 2 aliphatic rings. The van der Waals surface area contributed by atoms with Crippen LogP contribution in [0.15, 0.2) is 12.7 Å².